The van der Waals surface area contributed by atoms with Gasteiger partial charge in [0.05, 0.1) is 0 Å². The molecule has 0 aliphatic heterocycles. The minimum Gasteiger partial charge on any atom is -0.508 e. The number of phenolic OH excluding ortho intramolecular Hbond substituents is 1. The molecule has 60 valence electrons. The van der Waals surface area contributed by atoms with Crippen molar-refractivity contribution in [1.29, 1.82) is 0 Å². The fraction of sp³-hybridized carbons (Fsp3) is 0. The SMILES string of the molecule is Oc1ccc2c(P)cncc2c1. The molecule has 0 saturated heterocycles. The molecule has 1 atom stereocenters. The van der Waals surface area contributed by atoms with Gasteiger partial charge in [0.2, 0.25) is 0 Å². The lowest BCUT2D eigenvalue weighted by atomic mass is 10.2. The van der Waals surface area contributed by atoms with Crippen molar-refractivity contribution in [2.75, 3.05) is 0 Å². The lowest BCUT2D eigenvalue weighted by Gasteiger charge is -2.00. The number of nitrogens with zero attached hydrogens (tertiary/aromatic N) is 1. The molecule has 0 amide bonds. The molecule has 0 fully saturated rings. The van der Waals surface area contributed by atoms with Crippen LogP contribution in [-0.2, 0) is 0 Å². The van der Waals surface area contributed by atoms with Crippen molar-refractivity contribution >= 4 is 25.3 Å². The molecule has 1 N–H and O–H groups in total. The predicted molar refractivity (Wildman–Crippen MR) is 52.8 cm³/mol. The van der Waals surface area contributed by atoms with Crippen molar-refractivity contribution in [3.63, 3.8) is 0 Å². The summed E-state index contributed by atoms with van der Waals surface area (Å²) in [5.41, 5.74) is 0. The van der Waals surface area contributed by atoms with Crippen molar-refractivity contribution in [2.24, 2.45) is 0 Å². The molecule has 1 aromatic carbocycles. The zero-order valence-corrected chi connectivity index (χ0v) is 7.51. The Hall–Kier alpha value is -1.14. The van der Waals surface area contributed by atoms with E-state index in [1.807, 2.05) is 6.07 Å². The van der Waals surface area contributed by atoms with Crippen LogP contribution in [0.5, 0.6) is 5.75 Å². The van der Waals surface area contributed by atoms with Crippen LogP contribution in [0.4, 0.5) is 0 Å². The third kappa shape index (κ3) is 1.15. The number of phenols is 1. The van der Waals surface area contributed by atoms with Crippen LogP contribution >= 0.6 is 9.24 Å². The molecule has 12 heavy (non-hydrogen) atoms. The van der Waals surface area contributed by atoms with Gasteiger partial charge in [-0.3, -0.25) is 4.98 Å². The van der Waals surface area contributed by atoms with Crippen molar-refractivity contribution in [3.8, 4) is 5.75 Å². The van der Waals surface area contributed by atoms with Gasteiger partial charge < -0.3 is 5.11 Å². The predicted octanol–water partition coefficient (Wildman–Crippen LogP) is 1.44. The molecule has 0 aliphatic carbocycles. The first-order chi connectivity index (χ1) is 5.77. The average molecular weight is 177 g/mol. The maximum atomic E-state index is 9.19. The Labute approximate surface area is 72.5 Å². The second-order valence-electron chi connectivity index (χ2n) is 2.63. The molecule has 0 aliphatic rings. The third-order valence-corrected chi connectivity index (χ3v) is 2.23. The van der Waals surface area contributed by atoms with Gasteiger partial charge in [-0.2, -0.15) is 0 Å². The topological polar surface area (TPSA) is 33.1 Å². The largest absolute Gasteiger partial charge is 0.508 e. The van der Waals surface area contributed by atoms with Crippen LogP contribution in [0.25, 0.3) is 10.8 Å². The number of pyridine rings is 1. The van der Waals surface area contributed by atoms with Crippen molar-refractivity contribution in [2.45, 2.75) is 0 Å². The zero-order chi connectivity index (χ0) is 8.55. The summed E-state index contributed by atoms with van der Waals surface area (Å²) < 4.78 is 0. The first kappa shape index (κ1) is 7.51. The lowest BCUT2D eigenvalue weighted by molar-refractivity contribution is 0.476. The van der Waals surface area contributed by atoms with Crippen molar-refractivity contribution < 1.29 is 5.11 Å². The van der Waals surface area contributed by atoms with Crippen LogP contribution in [0.3, 0.4) is 0 Å². The number of benzene rings is 1. The van der Waals surface area contributed by atoms with Crippen LogP contribution in [0.2, 0.25) is 0 Å². The van der Waals surface area contributed by atoms with Crippen LogP contribution < -0.4 is 5.30 Å². The van der Waals surface area contributed by atoms with Crippen LogP contribution in [0.15, 0.2) is 30.6 Å². The molecule has 0 radical (unpaired) electrons. The highest BCUT2D eigenvalue weighted by molar-refractivity contribution is 7.28. The van der Waals surface area contributed by atoms with Crippen molar-refractivity contribution in [3.05, 3.63) is 30.6 Å². The van der Waals surface area contributed by atoms with E-state index in [1.165, 1.54) is 0 Å². The highest BCUT2D eigenvalue weighted by Crippen LogP contribution is 2.18. The zero-order valence-electron chi connectivity index (χ0n) is 6.36. The molecule has 0 bridgehead atoms. The Bertz CT molecular complexity index is 428. The second kappa shape index (κ2) is 2.72. The van der Waals surface area contributed by atoms with E-state index >= 15 is 0 Å². The van der Waals surface area contributed by atoms with Gasteiger partial charge in [-0.25, -0.2) is 0 Å². The Morgan fingerprint density at radius 3 is 2.92 bits per heavy atom. The smallest absolute Gasteiger partial charge is 0.116 e. The number of aromatic hydroxyl groups is 1. The van der Waals surface area contributed by atoms with E-state index in [0.29, 0.717) is 0 Å². The monoisotopic (exact) mass is 177 g/mol. The van der Waals surface area contributed by atoms with Gasteiger partial charge in [0, 0.05) is 17.8 Å². The number of aromatic nitrogens is 1. The van der Waals surface area contributed by atoms with E-state index in [2.05, 4.69) is 14.2 Å². The van der Waals surface area contributed by atoms with Crippen LogP contribution in [0, 0.1) is 0 Å². The molecular formula is C9H8NOP. The van der Waals surface area contributed by atoms with E-state index in [1.54, 1.807) is 24.5 Å². The molecule has 0 saturated carbocycles. The maximum Gasteiger partial charge on any atom is 0.116 e. The lowest BCUT2D eigenvalue weighted by Crippen LogP contribution is -1.93. The Balaban J connectivity index is 2.86. The first-order valence-corrected chi connectivity index (χ1v) is 4.17. The summed E-state index contributed by atoms with van der Waals surface area (Å²) in [5.74, 6) is 0.278. The van der Waals surface area contributed by atoms with Gasteiger partial charge in [0.25, 0.3) is 0 Å². The van der Waals surface area contributed by atoms with Crippen LogP contribution in [0.1, 0.15) is 0 Å². The number of hydrogen-bond acceptors (Lipinski definition) is 2. The standard InChI is InChI=1S/C9H8NOP/c11-7-1-2-8-6(3-7)4-10-5-9(8)12/h1-5,11H,12H2. The molecule has 2 rings (SSSR count). The Kier molecular flexibility index (Phi) is 1.70. The maximum absolute atomic E-state index is 9.19. The summed E-state index contributed by atoms with van der Waals surface area (Å²) in [7, 11) is 2.62. The Morgan fingerprint density at radius 2 is 2.08 bits per heavy atom. The first-order valence-electron chi connectivity index (χ1n) is 3.59. The van der Waals surface area contributed by atoms with Crippen LogP contribution in [-0.4, -0.2) is 10.1 Å². The molecule has 3 heteroatoms. The highest BCUT2D eigenvalue weighted by atomic mass is 31.0. The van der Waals surface area contributed by atoms with Gasteiger partial charge >= 0.3 is 0 Å². The van der Waals surface area contributed by atoms with E-state index in [-0.39, 0.29) is 5.75 Å². The molecule has 1 aromatic heterocycles. The molecule has 2 nitrogen and oxygen atoms in total. The summed E-state index contributed by atoms with van der Waals surface area (Å²) in [6.45, 7) is 0. The number of rotatable bonds is 0. The van der Waals surface area contributed by atoms with Gasteiger partial charge in [-0.05, 0) is 28.9 Å². The van der Waals surface area contributed by atoms with E-state index in [9.17, 15) is 5.11 Å². The van der Waals surface area contributed by atoms with E-state index in [4.69, 9.17) is 0 Å². The molecule has 2 aromatic rings. The van der Waals surface area contributed by atoms with Gasteiger partial charge in [-0.15, -0.1) is 9.24 Å². The average Bonchev–Trinajstić information content (AvgIpc) is 2.04. The normalized spacial score (nSPS) is 10.4. The molecule has 0 spiro atoms. The highest BCUT2D eigenvalue weighted by Gasteiger charge is 1.97. The summed E-state index contributed by atoms with van der Waals surface area (Å²) in [6, 6.07) is 5.26. The fourth-order valence-corrected chi connectivity index (χ4v) is 1.54. The molecular weight excluding hydrogens is 169 g/mol. The minimum absolute atomic E-state index is 0.278. The van der Waals surface area contributed by atoms with E-state index < -0.39 is 0 Å². The molecule has 1 heterocycles. The third-order valence-electron chi connectivity index (χ3n) is 1.77. The fourth-order valence-electron chi connectivity index (χ4n) is 1.19. The summed E-state index contributed by atoms with van der Waals surface area (Å²) in [5, 5.41) is 12.3. The molecule has 1 unspecified atom stereocenters. The quantitative estimate of drug-likeness (QED) is 0.617. The van der Waals surface area contributed by atoms with Gasteiger partial charge in [-0.1, -0.05) is 0 Å². The minimum atomic E-state index is 0.278. The Morgan fingerprint density at radius 1 is 1.25 bits per heavy atom. The summed E-state index contributed by atoms with van der Waals surface area (Å²) in [4.78, 5) is 4.02. The second-order valence-corrected chi connectivity index (χ2v) is 3.26. The summed E-state index contributed by atoms with van der Waals surface area (Å²) in [6.07, 6.45) is 3.52. The van der Waals surface area contributed by atoms with Crippen molar-refractivity contribution in [1.82, 2.24) is 4.98 Å². The summed E-state index contributed by atoms with van der Waals surface area (Å²) >= 11 is 0. The van der Waals surface area contributed by atoms with E-state index in [0.717, 1.165) is 16.1 Å². The van der Waals surface area contributed by atoms with Gasteiger partial charge in [0.15, 0.2) is 0 Å². The van der Waals surface area contributed by atoms with Gasteiger partial charge in [0.1, 0.15) is 5.75 Å². The number of hydrogen-bond donors (Lipinski definition) is 1. The number of fused-ring (bicyclic) bond motifs is 1.